The van der Waals surface area contributed by atoms with Gasteiger partial charge in [0.2, 0.25) is 0 Å². The van der Waals surface area contributed by atoms with Crippen molar-refractivity contribution >= 4 is 31.5 Å². The molecule has 10 heavy (non-hydrogen) atoms. The molecular formula is C7H8Cl2Si. The standard InChI is InChI=1S/C7H8Cl2Si/c8-7-3-1-6(2-4-7)5-10-9/h1-4H,5,10H2. The van der Waals surface area contributed by atoms with Gasteiger partial charge in [-0.1, -0.05) is 23.7 Å². The lowest BCUT2D eigenvalue weighted by Gasteiger charge is -1.94. The summed E-state index contributed by atoms with van der Waals surface area (Å²) in [7, 11) is -0.367. The Balaban J connectivity index is 2.69. The van der Waals surface area contributed by atoms with Crippen molar-refractivity contribution in [2.45, 2.75) is 6.04 Å². The first-order valence-corrected chi connectivity index (χ1v) is 6.65. The maximum absolute atomic E-state index is 5.69. The van der Waals surface area contributed by atoms with Crippen molar-refractivity contribution in [3.63, 3.8) is 0 Å². The summed E-state index contributed by atoms with van der Waals surface area (Å²) < 4.78 is 0. The number of benzene rings is 1. The Kier molecular flexibility index (Phi) is 3.26. The van der Waals surface area contributed by atoms with Gasteiger partial charge in [0.1, 0.15) is 8.83 Å². The van der Waals surface area contributed by atoms with E-state index in [2.05, 4.69) is 0 Å². The van der Waals surface area contributed by atoms with E-state index >= 15 is 0 Å². The monoisotopic (exact) mass is 190 g/mol. The van der Waals surface area contributed by atoms with Gasteiger partial charge in [0, 0.05) is 5.02 Å². The Bertz CT molecular complexity index is 195. The largest absolute Gasteiger partial charge is 0.176 e. The molecule has 0 spiro atoms. The minimum atomic E-state index is -0.367. The van der Waals surface area contributed by atoms with E-state index in [1.165, 1.54) is 5.56 Å². The highest BCUT2D eigenvalue weighted by Gasteiger charge is 1.90. The molecule has 0 unspecified atom stereocenters. The topological polar surface area (TPSA) is 0 Å². The smallest absolute Gasteiger partial charge is 0.129 e. The lowest BCUT2D eigenvalue weighted by atomic mass is 10.2. The van der Waals surface area contributed by atoms with Gasteiger partial charge in [-0.25, -0.2) is 0 Å². The molecule has 0 nitrogen and oxygen atoms in total. The molecule has 0 aliphatic carbocycles. The number of hydrogen-bond acceptors (Lipinski definition) is 0. The normalized spacial score (nSPS) is 11.0. The zero-order valence-electron chi connectivity index (χ0n) is 5.48. The average molecular weight is 191 g/mol. The van der Waals surface area contributed by atoms with Crippen LogP contribution in [0.15, 0.2) is 24.3 Å². The third kappa shape index (κ3) is 2.33. The highest BCUT2D eigenvalue weighted by Crippen LogP contribution is 2.09. The summed E-state index contributed by atoms with van der Waals surface area (Å²) in [5, 5.41) is 0.792. The Morgan fingerprint density at radius 1 is 1.20 bits per heavy atom. The van der Waals surface area contributed by atoms with Crippen LogP contribution in [-0.4, -0.2) is 8.83 Å². The minimum absolute atomic E-state index is 0.367. The zero-order chi connectivity index (χ0) is 7.40. The fraction of sp³-hybridized carbons (Fsp3) is 0.143. The van der Waals surface area contributed by atoms with E-state index in [0.717, 1.165) is 11.1 Å². The van der Waals surface area contributed by atoms with Crippen molar-refractivity contribution in [2.75, 3.05) is 0 Å². The molecule has 0 atom stereocenters. The molecule has 0 saturated heterocycles. The second kappa shape index (κ2) is 4.01. The third-order valence-corrected chi connectivity index (χ3v) is 2.88. The molecule has 1 aromatic rings. The lowest BCUT2D eigenvalue weighted by Crippen LogP contribution is -1.87. The van der Waals surface area contributed by atoms with Crippen LogP contribution in [-0.2, 0) is 6.04 Å². The predicted molar refractivity (Wildman–Crippen MR) is 49.6 cm³/mol. The molecule has 0 fully saturated rings. The molecule has 0 aromatic heterocycles. The Morgan fingerprint density at radius 2 is 1.80 bits per heavy atom. The van der Waals surface area contributed by atoms with Crippen LogP contribution < -0.4 is 0 Å². The third-order valence-electron chi connectivity index (χ3n) is 1.30. The maximum Gasteiger partial charge on any atom is 0.129 e. The van der Waals surface area contributed by atoms with Gasteiger partial charge in [-0.2, -0.15) is 11.1 Å². The molecular weight excluding hydrogens is 183 g/mol. The molecule has 1 aromatic carbocycles. The van der Waals surface area contributed by atoms with E-state index in [-0.39, 0.29) is 8.83 Å². The van der Waals surface area contributed by atoms with Gasteiger partial charge in [0.25, 0.3) is 0 Å². The zero-order valence-corrected chi connectivity index (χ0v) is 8.41. The second-order valence-electron chi connectivity index (χ2n) is 2.07. The summed E-state index contributed by atoms with van der Waals surface area (Å²) >= 11 is 11.4. The predicted octanol–water partition coefficient (Wildman–Crippen LogP) is 2.16. The fourth-order valence-corrected chi connectivity index (χ4v) is 2.09. The molecule has 0 bridgehead atoms. The van der Waals surface area contributed by atoms with E-state index in [1.807, 2.05) is 24.3 Å². The summed E-state index contributed by atoms with van der Waals surface area (Å²) in [5.74, 6) is 0. The quantitative estimate of drug-likeness (QED) is 0.496. The SMILES string of the molecule is Cl[SiH2]Cc1ccc(Cl)cc1. The first-order valence-electron chi connectivity index (χ1n) is 3.13. The molecule has 0 saturated carbocycles. The fourth-order valence-electron chi connectivity index (χ4n) is 0.760. The Hall–Kier alpha value is 0.0169. The van der Waals surface area contributed by atoms with Crippen molar-refractivity contribution in [3.8, 4) is 0 Å². The molecule has 1 rings (SSSR count). The van der Waals surface area contributed by atoms with Gasteiger partial charge in [-0.15, -0.1) is 0 Å². The highest BCUT2D eigenvalue weighted by molar-refractivity contribution is 6.93. The lowest BCUT2D eigenvalue weighted by molar-refractivity contribution is 1.40. The van der Waals surface area contributed by atoms with Crippen molar-refractivity contribution in [3.05, 3.63) is 34.9 Å². The van der Waals surface area contributed by atoms with Gasteiger partial charge >= 0.3 is 0 Å². The van der Waals surface area contributed by atoms with Crippen LogP contribution in [0.25, 0.3) is 0 Å². The Morgan fingerprint density at radius 3 is 2.30 bits per heavy atom. The Labute approximate surface area is 72.7 Å². The molecule has 0 N–H and O–H groups in total. The van der Waals surface area contributed by atoms with Gasteiger partial charge in [-0.3, -0.25) is 0 Å². The molecule has 0 amide bonds. The summed E-state index contributed by atoms with van der Waals surface area (Å²) in [4.78, 5) is 0. The van der Waals surface area contributed by atoms with Crippen molar-refractivity contribution in [1.82, 2.24) is 0 Å². The second-order valence-corrected chi connectivity index (χ2v) is 4.51. The summed E-state index contributed by atoms with van der Waals surface area (Å²) in [6.45, 7) is 0. The molecule has 3 heteroatoms. The first-order chi connectivity index (χ1) is 4.83. The molecule has 54 valence electrons. The summed E-state index contributed by atoms with van der Waals surface area (Å²) in [5.41, 5.74) is 1.30. The van der Waals surface area contributed by atoms with E-state index in [9.17, 15) is 0 Å². The molecule has 0 aliphatic rings. The van der Waals surface area contributed by atoms with Crippen molar-refractivity contribution in [1.29, 1.82) is 0 Å². The van der Waals surface area contributed by atoms with Crippen LogP contribution in [0.4, 0.5) is 0 Å². The molecule has 0 heterocycles. The van der Waals surface area contributed by atoms with E-state index < -0.39 is 0 Å². The van der Waals surface area contributed by atoms with Crippen LogP contribution in [0.3, 0.4) is 0 Å². The van der Waals surface area contributed by atoms with Crippen LogP contribution in [0.1, 0.15) is 5.56 Å². The van der Waals surface area contributed by atoms with Gasteiger partial charge in [-0.05, 0) is 23.7 Å². The van der Waals surface area contributed by atoms with Crippen LogP contribution >= 0.6 is 22.7 Å². The van der Waals surface area contributed by atoms with Gasteiger partial charge in [0.05, 0.1) is 0 Å². The van der Waals surface area contributed by atoms with Gasteiger partial charge in [0.15, 0.2) is 0 Å². The average Bonchev–Trinajstić information content (AvgIpc) is 1.95. The number of hydrogen-bond donors (Lipinski definition) is 0. The highest BCUT2D eigenvalue weighted by atomic mass is 35.6. The van der Waals surface area contributed by atoms with E-state index in [4.69, 9.17) is 22.7 Å². The van der Waals surface area contributed by atoms with E-state index in [0.29, 0.717) is 0 Å². The van der Waals surface area contributed by atoms with Crippen molar-refractivity contribution < 1.29 is 0 Å². The minimum Gasteiger partial charge on any atom is -0.176 e. The van der Waals surface area contributed by atoms with Crippen molar-refractivity contribution in [2.24, 2.45) is 0 Å². The summed E-state index contributed by atoms with van der Waals surface area (Å²) in [6.07, 6.45) is 0. The number of rotatable bonds is 2. The summed E-state index contributed by atoms with van der Waals surface area (Å²) in [6, 6.07) is 8.91. The molecule has 0 aliphatic heterocycles. The first kappa shape index (κ1) is 8.12. The van der Waals surface area contributed by atoms with Crippen LogP contribution in [0.5, 0.6) is 0 Å². The van der Waals surface area contributed by atoms with Crippen LogP contribution in [0, 0.1) is 0 Å². The van der Waals surface area contributed by atoms with E-state index in [1.54, 1.807) is 0 Å². The molecule has 0 radical (unpaired) electrons. The van der Waals surface area contributed by atoms with Gasteiger partial charge < -0.3 is 0 Å². The maximum atomic E-state index is 5.69. The van der Waals surface area contributed by atoms with Crippen LogP contribution in [0.2, 0.25) is 5.02 Å². The number of halogens is 2.